The molecule has 1 aliphatic carbocycles. The first kappa shape index (κ1) is 27.5. The van der Waals surface area contributed by atoms with E-state index in [0.29, 0.717) is 40.3 Å². The molecule has 1 aliphatic heterocycles. The molecule has 2 aromatic carbocycles. The summed E-state index contributed by atoms with van der Waals surface area (Å²) in [5, 5.41) is 25.8. The maximum absolute atomic E-state index is 13.1. The van der Waals surface area contributed by atoms with Gasteiger partial charge in [0.25, 0.3) is 0 Å². The van der Waals surface area contributed by atoms with E-state index >= 15 is 0 Å². The number of urea groups is 1. The van der Waals surface area contributed by atoms with Crippen molar-refractivity contribution in [2.75, 3.05) is 32.0 Å². The van der Waals surface area contributed by atoms with Crippen molar-refractivity contribution in [2.24, 2.45) is 11.8 Å². The largest absolute Gasteiger partial charge is 0.508 e. The number of anilines is 1. The van der Waals surface area contributed by atoms with E-state index in [2.05, 4.69) is 21.4 Å². The quantitative estimate of drug-likeness (QED) is 0.359. The molecule has 3 unspecified atom stereocenters. The molecule has 40 heavy (non-hydrogen) atoms. The van der Waals surface area contributed by atoms with E-state index in [1.807, 2.05) is 43.1 Å². The van der Waals surface area contributed by atoms with Gasteiger partial charge in [0.1, 0.15) is 29.0 Å². The van der Waals surface area contributed by atoms with Crippen LogP contribution < -0.4 is 10.1 Å². The van der Waals surface area contributed by atoms with Crippen LogP contribution in [0.5, 0.6) is 11.5 Å². The first-order chi connectivity index (χ1) is 19.3. The van der Waals surface area contributed by atoms with E-state index in [1.54, 1.807) is 31.2 Å². The lowest BCUT2D eigenvalue weighted by atomic mass is 9.90. The number of benzene rings is 2. The van der Waals surface area contributed by atoms with Crippen LogP contribution >= 0.6 is 0 Å². The van der Waals surface area contributed by atoms with Gasteiger partial charge in [-0.05, 0) is 99.9 Å². The smallest absolute Gasteiger partial charge is 0.322 e. The SMILES string of the molecule is Cc1noc(C)c1NC(=O)N(C)C1C2CCC1CN(CCCC(Oc1ccc(O)cc1)c1ccc(C#N)cc1)C2. The fraction of sp³-hybridized carbons (Fsp3) is 0.452. The second-order valence-corrected chi connectivity index (χ2v) is 11.1. The van der Waals surface area contributed by atoms with Gasteiger partial charge in [-0.3, -0.25) is 0 Å². The molecule has 0 spiro atoms. The van der Waals surface area contributed by atoms with Crippen molar-refractivity contribution in [2.45, 2.75) is 51.7 Å². The van der Waals surface area contributed by atoms with E-state index in [-0.39, 0.29) is 23.9 Å². The van der Waals surface area contributed by atoms with Crippen LogP contribution in [0.1, 0.15) is 54.4 Å². The number of ether oxygens (including phenoxy) is 1. The third-order valence-electron chi connectivity index (χ3n) is 8.36. The molecule has 2 bridgehead atoms. The normalized spacial score (nSPS) is 21.0. The summed E-state index contributed by atoms with van der Waals surface area (Å²) < 4.78 is 11.5. The maximum atomic E-state index is 13.1. The second kappa shape index (κ2) is 12.0. The Balaban J connectivity index is 1.18. The summed E-state index contributed by atoms with van der Waals surface area (Å²) in [7, 11) is 1.90. The molecular weight excluding hydrogens is 506 g/mol. The van der Waals surface area contributed by atoms with Crippen LogP contribution in [0.3, 0.4) is 0 Å². The van der Waals surface area contributed by atoms with Crippen LogP contribution in [0, 0.1) is 37.0 Å². The summed E-state index contributed by atoms with van der Waals surface area (Å²) in [5.74, 6) is 2.41. The Morgan fingerprint density at radius 2 is 1.85 bits per heavy atom. The van der Waals surface area contributed by atoms with Crippen molar-refractivity contribution in [1.82, 2.24) is 15.0 Å². The van der Waals surface area contributed by atoms with E-state index in [0.717, 1.165) is 50.9 Å². The Labute approximate surface area is 235 Å². The standard InChI is InChI=1S/C31H37N5O4/c1-20-29(21(2)40-34-20)33-31(38)35(3)30-24-10-11-25(30)19-36(18-24)16-4-5-28(23-8-6-22(17-32)7-9-23)39-27-14-12-26(37)13-15-27/h6-9,12-15,24-25,28,30,37H,4-5,10-11,16,18-19H2,1-3H3,(H,33,38). The molecule has 2 amide bonds. The summed E-state index contributed by atoms with van der Waals surface area (Å²) >= 11 is 0. The van der Waals surface area contributed by atoms with Crippen LogP contribution in [0.15, 0.2) is 53.1 Å². The number of phenolic OH excluding ortho intramolecular Hbond substituents is 1. The van der Waals surface area contributed by atoms with Gasteiger partial charge in [-0.2, -0.15) is 5.26 Å². The number of aromatic hydroxyl groups is 1. The first-order valence-corrected chi connectivity index (χ1v) is 14.0. The number of phenols is 1. The van der Waals surface area contributed by atoms with Gasteiger partial charge in [-0.15, -0.1) is 0 Å². The number of aryl methyl sites for hydroxylation is 2. The number of hydrogen-bond acceptors (Lipinski definition) is 7. The fourth-order valence-electron chi connectivity index (χ4n) is 6.35. The average Bonchev–Trinajstić information content (AvgIpc) is 3.42. The topological polar surface area (TPSA) is 115 Å². The lowest BCUT2D eigenvalue weighted by molar-refractivity contribution is 0.0767. The zero-order chi connectivity index (χ0) is 28.2. The van der Waals surface area contributed by atoms with Crippen molar-refractivity contribution >= 4 is 11.7 Å². The first-order valence-electron chi connectivity index (χ1n) is 14.0. The van der Waals surface area contributed by atoms with Crippen LogP contribution in [0.4, 0.5) is 10.5 Å². The number of fused-ring (bicyclic) bond motifs is 2. The molecule has 2 aliphatic rings. The number of likely N-dealkylation sites (tertiary alicyclic amines) is 1. The number of nitrogens with zero attached hydrogens (tertiary/aromatic N) is 4. The maximum Gasteiger partial charge on any atom is 0.322 e. The molecule has 1 saturated heterocycles. The van der Waals surface area contributed by atoms with Crippen LogP contribution in [0.2, 0.25) is 0 Å². The Morgan fingerprint density at radius 1 is 1.18 bits per heavy atom. The molecule has 9 heteroatoms. The highest BCUT2D eigenvalue weighted by Crippen LogP contribution is 2.40. The van der Waals surface area contributed by atoms with Gasteiger partial charge >= 0.3 is 6.03 Å². The van der Waals surface area contributed by atoms with Crippen molar-refractivity contribution < 1.29 is 19.2 Å². The molecule has 1 saturated carbocycles. The highest BCUT2D eigenvalue weighted by Gasteiger charge is 2.45. The van der Waals surface area contributed by atoms with Gasteiger partial charge in [0.15, 0.2) is 5.76 Å². The van der Waals surface area contributed by atoms with E-state index in [1.165, 1.54) is 0 Å². The van der Waals surface area contributed by atoms with Gasteiger partial charge in [-0.25, -0.2) is 4.79 Å². The highest BCUT2D eigenvalue weighted by molar-refractivity contribution is 5.90. The number of hydrogen-bond donors (Lipinski definition) is 2. The molecule has 0 radical (unpaired) electrons. The van der Waals surface area contributed by atoms with E-state index in [9.17, 15) is 15.2 Å². The molecule has 3 aromatic rings. The van der Waals surface area contributed by atoms with Gasteiger partial charge in [0.05, 0.1) is 11.6 Å². The van der Waals surface area contributed by atoms with Crippen LogP contribution in [0.25, 0.3) is 0 Å². The zero-order valence-electron chi connectivity index (χ0n) is 23.3. The third-order valence-corrected chi connectivity index (χ3v) is 8.36. The Hall–Kier alpha value is -4.03. The Morgan fingerprint density at radius 3 is 2.45 bits per heavy atom. The second-order valence-electron chi connectivity index (χ2n) is 11.1. The minimum atomic E-state index is -0.161. The summed E-state index contributed by atoms with van der Waals surface area (Å²) in [4.78, 5) is 17.5. The van der Waals surface area contributed by atoms with Crippen molar-refractivity contribution in [1.29, 1.82) is 5.26 Å². The number of nitrogens with one attached hydrogen (secondary N) is 1. The van der Waals surface area contributed by atoms with Gasteiger partial charge in [0, 0.05) is 26.2 Å². The predicted octanol–water partition coefficient (Wildman–Crippen LogP) is 5.64. The molecule has 5 rings (SSSR count). The molecule has 2 heterocycles. The summed E-state index contributed by atoms with van der Waals surface area (Å²) in [6, 6.07) is 16.6. The molecule has 210 valence electrons. The number of piperidine rings is 1. The van der Waals surface area contributed by atoms with Gasteiger partial charge in [0.2, 0.25) is 0 Å². The number of carbonyl (C=O) groups is 1. The molecule has 9 nitrogen and oxygen atoms in total. The average molecular weight is 544 g/mol. The summed E-state index contributed by atoms with van der Waals surface area (Å²) in [6.07, 6.45) is 3.88. The van der Waals surface area contributed by atoms with Gasteiger partial charge in [-0.1, -0.05) is 17.3 Å². The molecule has 3 atom stereocenters. The zero-order valence-corrected chi connectivity index (χ0v) is 23.3. The molecule has 2 N–H and O–H groups in total. The Kier molecular flexibility index (Phi) is 8.27. The highest BCUT2D eigenvalue weighted by atomic mass is 16.5. The van der Waals surface area contributed by atoms with Crippen molar-refractivity contribution in [3.63, 3.8) is 0 Å². The van der Waals surface area contributed by atoms with E-state index < -0.39 is 0 Å². The number of nitriles is 1. The minimum Gasteiger partial charge on any atom is -0.508 e. The fourth-order valence-corrected chi connectivity index (χ4v) is 6.35. The lowest BCUT2D eigenvalue weighted by Gasteiger charge is -2.42. The number of rotatable bonds is 9. The number of aromatic nitrogens is 1. The van der Waals surface area contributed by atoms with Crippen molar-refractivity contribution in [3.8, 4) is 17.6 Å². The molecule has 1 aromatic heterocycles. The predicted molar refractivity (Wildman–Crippen MR) is 151 cm³/mol. The van der Waals surface area contributed by atoms with Crippen LogP contribution in [-0.4, -0.2) is 58.8 Å². The Bertz CT molecular complexity index is 1310. The monoisotopic (exact) mass is 543 g/mol. The third kappa shape index (κ3) is 6.07. The lowest BCUT2D eigenvalue weighted by Crippen LogP contribution is -2.54. The molecule has 2 fully saturated rings. The summed E-state index contributed by atoms with van der Waals surface area (Å²) in [6.45, 7) is 6.55. The number of amides is 2. The van der Waals surface area contributed by atoms with Crippen LogP contribution in [-0.2, 0) is 0 Å². The van der Waals surface area contributed by atoms with Crippen molar-refractivity contribution in [3.05, 3.63) is 71.1 Å². The van der Waals surface area contributed by atoms with Gasteiger partial charge < -0.3 is 29.5 Å². The molecular formula is C31H37N5O4. The minimum absolute atomic E-state index is 0.110. The number of carbonyl (C=O) groups excluding carboxylic acids is 1. The van der Waals surface area contributed by atoms with E-state index in [4.69, 9.17) is 9.26 Å². The summed E-state index contributed by atoms with van der Waals surface area (Å²) in [5.41, 5.74) is 2.99.